The number of nitrogens with one attached hydrogen (secondary N) is 1. The maximum absolute atomic E-state index is 13.0. The van der Waals surface area contributed by atoms with Crippen molar-refractivity contribution in [2.24, 2.45) is 5.92 Å². The van der Waals surface area contributed by atoms with Crippen molar-refractivity contribution in [2.45, 2.75) is 52.2 Å². The van der Waals surface area contributed by atoms with Crippen LogP contribution in [0.5, 0.6) is 0 Å². The first-order valence-electron chi connectivity index (χ1n) is 10.3. The number of rotatable bonds is 4. The van der Waals surface area contributed by atoms with Crippen LogP contribution >= 0.6 is 11.3 Å². The van der Waals surface area contributed by atoms with E-state index in [1.165, 1.54) is 41.9 Å². The van der Waals surface area contributed by atoms with Crippen molar-refractivity contribution in [3.63, 3.8) is 0 Å². The van der Waals surface area contributed by atoms with Gasteiger partial charge in [-0.25, -0.2) is 0 Å². The Bertz CT molecular complexity index is 862. The Morgan fingerprint density at radius 2 is 2.14 bits per heavy atom. The number of carbonyl (C=O) groups is 1. The molecule has 1 amide bonds. The van der Waals surface area contributed by atoms with E-state index in [9.17, 15) is 4.79 Å². The number of piperidine rings is 3. The van der Waals surface area contributed by atoms with E-state index in [0.717, 1.165) is 49.6 Å². The summed E-state index contributed by atoms with van der Waals surface area (Å²) in [7, 11) is 0. The molecule has 1 unspecified atom stereocenters. The largest absolute Gasteiger partial charge is 0.361 e. The SMILES string of the molecule is Cc1noc(C)c1CN1CCc2c(C(=O)NC3CN4CCC3CC4)csc2C1. The molecule has 3 fully saturated rings. The standard InChI is InChI=1S/C21H28N4O2S/c1-13-17(14(2)27-23-13)9-25-8-5-16-18(12-28-20(16)11-25)21(26)22-19-10-24-6-3-15(19)4-7-24/h12,15,19H,3-11H2,1-2H3,(H,22,26). The van der Waals surface area contributed by atoms with Gasteiger partial charge in [0.2, 0.25) is 0 Å². The molecule has 7 heteroatoms. The lowest BCUT2D eigenvalue weighted by molar-refractivity contribution is 0.0620. The maximum atomic E-state index is 13.0. The van der Waals surface area contributed by atoms with E-state index in [4.69, 9.17) is 4.52 Å². The normalized spacial score (nSPS) is 27.0. The van der Waals surface area contributed by atoms with Crippen LogP contribution in [-0.4, -0.2) is 53.1 Å². The Morgan fingerprint density at radius 1 is 1.32 bits per heavy atom. The molecule has 150 valence electrons. The number of carbonyl (C=O) groups excluding carboxylic acids is 1. The molecule has 0 radical (unpaired) electrons. The summed E-state index contributed by atoms with van der Waals surface area (Å²) in [6.45, 7) is 10.1. The first kappa shape index (κ1) is 18.3. The quantitative estimate of drug-likeness (QED) is 0.855. The lowest BCUT2D eigenvalue weighted by Crippen LogP contribution is -2.57. The van der Waals surface area contributed by atoms with Gasteiger partial charge in [-0.3, -0.25) is 9.69 Å². The number of hydrogen-bond donors (Lipinski definition) is 1. The summed E-state index contributed by atoms with van der Waals surface area (Å²) in [4.78, 5) is 19.2. The highest BCUT2D eigenvalue weighted by atomic mass is 32.1. The van der Waals surface area contributed by atoms with Crippen LogP contribution in [0.15, 0.2) is 9.90 Å². The fourth-order valence-electron chi connectivity index (χ4n) is 5.03. The van der Waals surface area contributed by atoms with Crippen LogP contribution in [0.4, 0.5) is 0 Å². The highest BCUT2D eigenvalue weighted by molar-refractivity contribution is 7.10. The van der Waals surface area contributed by atoms with Crippen LogP contribution in [0.3, 0.4) is 0 Å². The zero-order chi connectivity index (χ0) is 19.3. The van der Waals surface area contributed by atoms with Crippen LogP contribution in [0.2, 0.25) is 0 Å². The summed E-state index contributed by atoms with van der Waals surface area (Å²) in [5, 5.41) is 9.50. The number of fused-ring (bicyclic) bond motifs is 4. The molecule has 6 rings (SSSR count). The van der Waals surface area contributed by atoms with Gasteiger partial charge < -0.3 is 14.7 Å². The molecular formula is C21H28N4O2S. The molecule has 0 aliphatic carbocycles. The molecular weight excluding hydrogens is 372 g/mol. The molecule has 4 aliphatic rings. The Kier molecular flexibility index (Phi) is 4.77. The second kappa shape index (κ2) is 7.28. The summed E-state index contributed by atoms with van der Waals surface area (Å²) in [6, 6.07) is 0.324. The van der Waals surface area contributed by atoms with Gasteiger partial charge in [0.25, 0.3) is 5.91 Å². The fraction of sp³-hybridized carbons (Fsp3) is 0.619. The van der Waals surface area contributed by atoms with Gasteiger partial charge in [0.1, 0.15) is 5.76 Å². The third-order valence-corrected chi connectivity index (χ3v) is 7.82. The maximum Gasteiger partial charge on any atom is 0.252 e. The number of thiophene rings is 1. The van der Waals surface area contributed by atoms with Crippen LogP contribution < -0.4 is 5.32 Å². The van der Waals surface area contributed by atoms with E-state index in [2.05, 4.69) is 25.7 Å². The number of nitrogens with zero attached hydrogens (tertiary/aromatic N) is 3. The minimum Gasteiger partial charge on any atom is -0.361 e. The molecule has 0 spiro atoms. The zero-order valence-electron chi connectivity index (χ0n) is 16.7. The number of amides is 1. The van der Waals surface area contributed by atoms with E-state index in [1.54, 1.807) is 11.3 Å². The van der Waals surface area contributed by atoms with Gasteiger partial charge in [-0.15, -0.1) is 11.3 Å². The summed E-state index contributed by atoms with van der Waals surface area (Å²) >= 11 is 1.73. The van der Waals surface area contributed by atoms with Gasteiger partial charge in [0.05, 0.1) is 11.3 Å². The molecule has 0 saturated carbocycles. The van der Waals surface area contributed by atoms with Crippen molar-refractivity contribution in [2.75, 3.05) is 26.2 Å². The Balaban J connectivity index is 1.26. The molecule has 0 aromatic carbocycles. The van der Waals surface area contributed by atoms with Crippen molar-refractivity contribution in [1.29, 1.82) is 0 Å². The molecule has 28 heavy (non-hydrogen) atoms. The zero-order valence-corrected chi connectivity index (χ0v) is 17.5. The van der Waals surface area contributed by atoms with E-state index in [1.807, 2.05) is 13.8 Å². The van der Waals surface area contributed by atoms with E-state index in [-0.39, 0.29) is 5.91 Å². The fourth-order valence-corrected chi connectivity index (χ4v) is 6.15. The second-order valence-corrected chi connectivity index (χ2v) is 9.50. The van der Waals surface area contributed by atoms with Gasteiger partial charge in [0, 0.05) is 48.0 Å². The highest BCUT2D eigenvalue weighted by Crippen LogP contribution is 2.31. The third kappa shape index (κ3) is 3.29. The lowest BCUT2D eigenvalue weighted by Gasteiger charge is -2.44. The van der Waals surface area contributed by atoms with Crippen molar-refractivity contribution in [1.82, 2.24) is 20.3 Å². The average Bonchev–Trinajstić information content (AvgIpc) is 3.27. The smallest absolute Gasteiger partial charge is 0.252 e. The van der Waals surface area contributed by atoms with Crippen molar-refractivity contribution in [3.05, 3.63) is 38.4 Å². The summed E-state index contributed by atoms with van der Waals surface area (Å²) < 4.78 is 5.30. The summed E-state index contributed by atoms with van der Waals surface area (Å²) in [5.74, 6) is 1.71. The summed E-state index contributed by atoms with van der Waals surface area (Å²) in [6.07, 6.45) is 3.39. The molecule has 6 heterocycles. The van der Waals surface area contributed by atoms with Gasteiger partial charge in [0.15, 0.2) is 0 Å². The van der Waals surface area contributed by atoms with Gasteiger partial charge >= 0.3 is 0 Å². The minimum absolute atomic E-state index is 0.135. The number of hydrogen-bond acceptors (Lipinski definition) is 6. The van der Waals surface area contributed by atoms with E-state index < -0.39 is 0 Å². The second-order valence-electron chi connectivity index (χ2n) is 8.53. The van der Waals surface area contributed by atoms with Gasteiger partial charge in [-0.05, 0) is 57.7 Å². The van der Waals surface area contributed by atoms with Crippen LogP contribution in [-0.2, 0) is 19.5 Å². The minimum atomic E-state index is 0.135. The Morgan fingerprint density at radius 3 is 2.82 bits per heavy atom. The monoisotopic (exact) mass is 400 g/mol. The van der Waals surface area contributed by atoms with Crippen LogP contribution in [0.25, 0.3) is 0 Å². The van der Waals surface area contributed by atoms with E-state index in [0.29, 0.717) is 12.0 Å². The molecule has 2 bridgehead atoms. The number of aromatic nitrogens is 1. The molecule has 2 aromatic heterocycles. The van der Waals surface area contributed by atoms with Crippen LogP contribution in [0.1, 0.15) is 50.7 Å². The lowest BCUT2D eigenvalue weighted by atomic mass is 9.84. The van der Waals surface area contributed by atoms with Crippen molar-refractivity contribution in [3.8, 4) is 0 Å². The predicted molar refractivity (Wildman–Crippen MR) is 109 cm³/mol. The van der Waals surface area contributed by atoms with Gasteiger partial charge in [-0.1, -0.05) is 5.16 Å². The average molecular weight is 401 g/mol. The molecule has 4 aliphatic heterocycles. The third-order valence-electron chi connectivity index (χ3n) is 6.81. The molecule has 1 N–H and O–H groups in total. The van der Waals surface area contributed by atoms with E-state index >= 15 is 0 Å². The first-order valence-corrected chi connectivity index (χ1v) is 11.2. The van der Waals surface area contributed by atoms with Crippen LogP contribution in [0, 0.1) is 19.8 Å². The highest BCUT2D eigenvalue weighted by Gasteiger charge is 2.35. The number of aryl methyl sites for hydroxylation is 2. The van der Waals surface area contributed by atoms with Crippen molar-refractivity contribution >= 4 is 17.2 Å². The predicted octanol–water partition coefficient (Wildman–Crippen LogP) is 2.74. The molecule has 3 saturated heterocycles. The molecule has 6 nitrogen and oxygen atoms in total. The Labute approximate surface area is 169 Å². The summed E-state index contributed by atoms with van der Waals surface area (Å²) in [5.41, 5.74) is 4.35. The first-order chi connectivity index (χ1) is 13.6. The Hall–Kier alpha value is -1.70. The van der Waals surface area contributed by atoms with Gasteiger partial charge in [-0.2, -0.15) is 0 Å². The van der Waals surface area contributed by atoms with Crippen molar-refractivity contribution < 1.29 is 9.32 Å². The topological polar surface area (TPSA) is 61.6 Å². The molecule has 1 atom stereocenters. The molecule has 2 aromatic rings.